The van der Waals surface area contributed by atoms with Crippen LogP contribution in [0.1, 0.15) is 24.0 Å². The van der Waals surface area contributed by atoms with Crippen molar-refractivity contribution in [3.8, 4) is 11.6 Å². The van der Waals surface area contributed by atoms with Crippen LogP contribution in [-0.2, 0) is 17.8 Å². The van der Waals surface area contributed by atoms with Gasteiger partial charge in [0, 0.05) is 44.2 Å². The van der Waals surface area contributed by atoms with Crippen molar-refractivity contribution in [2.45, 2.75) is 25.8 Å². The molecule has 0 bridgehead atoms. The fourth-order valence-corrected chi connectivity index (χ4v) is 4.51. The minimum absolute atomic E-state index is 0.0429. The van der Waals surface area contributed by atoms with Crippen molar-refractivity contribution in [2.24, 2.45) is 5.92 Å². The van der Waals surface area contributed by atoms with Gasteiger partial charge in [-0.2, -0.15) is 0 Å². The topological polar surface area (TPSA) is 58.6 Å². The minimum Gasteiger partial charge on any atom is -0.439 e. The van der Waals surface area contributed by atoms with E-state index in [0.717, 1.165) is 44.7 Å². The number of amides is 1. The van der Waals surface area contributed by atoms with Crippen LogP contribution in [0, 0.1) is 11.7 Å². The average Bonchev–Trinajstić information content (AvgIpc) is 2.83. The van der Waals surface area contributed by atoms with E-state index in [2.05, 4.69) is 33.1 Å². The highest BCUT2D eigenvalue weighted by molar-refractivity contribution is 5.79. The molecule has 0 unspecified atom stereocenters. The Kier molecular flexibility index (Phi) is 5.71. The molecule has 7 heteroatoms. The maximum atomic E-state index is 13.4. The van der Waals surface area contributed by atoms with Crippen molar-refractivity contribution in [3.05, 3.63) is 77.9 Å². The lowest BCUT2D eigenvalue weighted by molar-refractivity contribution is -0.137. The number of rotatable bonds is 4. The highest BCUT2D eigenvalue weighted by Gasteiger charge is 2.30. The lowest BCUT2D eigenvalue weighted by atomic mass is 9.93. The van der Waals surface area contributed by atoms with Gasteiger partial charge in [-0.15, -0.1) is 0 Å². The summed E-state index contributed by atoms with van der Waals surface area (Å²) in [5, 5.41) is 0. The number of nitrogens with zero attached hydrogens (tertiary/aromatic N) is 4. The van der Waals surface area contributed by atoms with E-state index in [1.54, 1.807) is 18.2 Å². The molecular formula is C25H25FN4O2. The lowest BCUT2D eigenvalue weighted by Crippen LogP contribution is -2.44. The first-order valence-corrected chi connectivity index (χ1v) is 11.0. The fourth-order valence-electron chi connectivity index (χ4n) is 4.51. The van der Waals surface area contributed by atoms with E-state index in [1.165, 1.54) is 29.6 Å². The number of ether oxygens (including phenoxy) is 1. The van der Waals surface area contributed by atoms with E-state index in [9.17, 15) is 9.18 Å². The standard InChI is InChI=1S/C25H25FN4O2/c26-21-6-3-7-22(14-21)32-24-15-23(27-17-28-24)29-11-9-19(10-12-29)25(31)30-13-8-18-4-1-2-5-20(18)16-30/h1-7,14-15,17,19H,8-13,16H2. The van der Waals surface area contributed by atoms with Gasteiger partial charge in [0.1, 0.15) is 23.7 Å². The van der Waals surface area contributed by atoms with E-state index in [4.69, 9.17) is 4.74 Å². The van der Waals surface area contributed by atoms with Crippen molar-refractivity contribution >= 4 is 11.7 Å². The first-order valence-electron chi connectivity index (χ1n) is 11.0. The second-order valence-electron chi connectivity index (χ2n) is 8.31. The number of carbonyl (C=O) groups is 1. The summed E-state index contributed by atoms with van der Waals surface area (Å²) in [6.45, 7) is 3.00. The lowest BCUT2D eigenvalue weighted by Gasteiger charge is -2.36. The predicted octanol–water partition coefficient (Wildman–Crippen LogP) is 4.21. The van der Waals surface area contributed by atoms with E-state index in [0.29, 0.717) is 18.2 Å². The zero-order valence-corrected chi connectivity index (χ0v) is 17.8. The van der Waals surface area contributed by atoms with Gasteiger partial charge in [-0.1, -0.05) is 30.3 Å². The number of carbonyl (C=O) groups excluding carboxylic acids is 1. The largest absolute Gasteiger partial charge is 0.439 e. The van der Waals surface area contributed by atoms with Crippen LogP contribution in [0.2, 0.25) is 0 Å². The van der Waals surface area contributed by atoms with Crippen molar-refractivity contribution in [2.75, 3.05) is 24.5 Å². The molecule has 3 aromatic rings. The third-order valence-corrected chi connectivity index (χ3v) is 6.26. The number of halogens is 1. The molecule has 1 fully saturated rings. The number of benzene rings is 2. The predicted molar refractivity (Wildman–Crippen MR) is 119 cm³/mol. The Morgan fingerprint density at radius 3 is 2.59 bits per heavy atom. The molecule has 3 heterocycles. The van der Waals surface area contributed by atoms with E-state index in [-0.39, 0.29) is 17.6 Å². The SMILES string of the molecule is O=C(C1CCN(c2cc(Oc3cccc(F)c3)ncn2)CC1)N1CCc2ccccc2C1. The monoisotopic (exact) mass is 432 g/mol. The first-order chi connectivity index (χ1) is 15.7. The van der Waals surface area contributed by atoms with Crippen molar-refractivity contribution in [3.63, 3.8) is 0 Å². The van der Waals surface area contributed by atoms with Crippen LogP contribution in [0.15, 0.2) is 60.9 Å². The number of piperidine rings is 1. The molecule has 0 aliphatic carbocycles. The Balaban J connectivity index is 1.19. The van der Waals surface area contributed by atoms with Gasteiger partial charge in [0.2, 0.25) is 11.8 Å². The van der Waals surface area contributed by atoms with Gasteiger partial charge in [0.15, 0.2) is 0 Å². The average molecular weight is 432 g/mol. The second kappa shape index (κ2) is 8.94. The smallest absolute Gasteiger partial charge is 0.226 e. The van der Waals surface area contributed by atoms with Gasteiger partial charge in [-0.05, 0) is 42.5 Å². The third-order valence-electron chi connectivity index (χ3n) is 6.26. The number of hydrogen-bond acceptors (Lipinski definition) is 5. The highest BCUT2D eigenvalue weighted by Crippen LogP contribution is 2.28. The molecule has 6 nitrogen and oxygen atoms in total. The van der Waals surface area contributed by atoms with Gasteiger partial charge in [0.25, 0.3) is 0 Å². The maximum Gasteiger partial charge on any atom is 0.226 e. The van der Waals surface area contributed by atoms with Gasteiger partial charge >= 0.3 is 0 Å². The Morgan fingerprint density at radius 2 is 1.78 bits per heavy atom. The molecule has 32 heavy (non-hydrogen) atoms. The molecular weight excluding hydrogens is 407 g/mol. The van der Waals surface area contributed by atoms with Crippen LogP contribution in [0.25, 0.3) is 0 Å². The summed E-state index contributed by atoms with van der Waals surface area (Å²) in [6, 6.07) is 16.1. The summed E-state index contributed by atoms with van der Waals surface area (Å²) >= 11 is 0. The Bertz CT molecular complexity index is 1110. The van der Waals surface area contributed by atoms with Gasteiger partial charge in [-0.25, -0.2) is 14.4 Å². The normalized spacial score (nSPS) is 16.5. The van der Waals surface area contributed by atoms with Gasteiger partial charge in [0.05, 0.1) is 0 Å². The minimum atomic E-state index is -0.360. The molecule has 1 amide bonds. The molecule has 2 aromatic carbocycles. The number of anilines is 1. The Hall–Kier alpha value is -3.48. The summed E-state index contributed by atoms with van der Waals surface area (Å²) in [6.07, 6.45) is 3.96. The first kappa shape index (κ1) is 20.4. The summed E-state index contributed by atoms with van der Waals surface area (Å²) in [5.41, 5.74) is 2.61. The number of fused-ring (bicyclic) bond motifs is 1. The van der Waals surface area contributed by atoms with Crippen LogP contribution in [-0.4, -0.2) is 40.4 Å². The fraction of sp³-hybridized carbons (Fsp3) is 0.320. The van der Waals surface area contributed by atoms with Crippen molar-refractivity contribution < 1.29 is 13.9 Å². The molecule has 5 rings (SSSR count). The zero-order valence-electron chi connectivity index (χ0n) is 17.8. The second-order valence-corrected chi connectivity index (χ2v) is 8.31. The summed E-state index contributed by atoms with van der Waals surface area (Å²) < 4.78 is 19.1. The Morgan fingerprint density at radius 1 is 0.969 bits per heavy atom. The Labute approximate surface area is 186 Å². The zero-order chi connectivity index (χ0) is 21.9. The molecule has 0 atom stereocenters. The summed E-state index contributed by atoms with van der Waals surface area (Å²) in [7, 11) is 0. The molecule has 2 aliphatic rings. The summed E-state index contributed by atoms with van der Waals surface area (Å²) in [4.78, 5) is 25.8. The molecule has 1 aromatic heterocycles. The molecule has 0 saturated carbocycles. The number of hydrogen-bond donors (Lipinski definition) is 0. The quantitative estimate of drug-likeness (QED) is 0.618. The molecule has 164 valence electrons. The van der Waals surface area contributed by atoms with E-state index in [1.807, 2.05) is 11.0 Å². The van der Waals surface area contributed by atoms with Crippen molar-refractivity contribution in [1.29, 1.82) is 0 Å². The number of aromatic nitrogens is 2. The molecule has 0 N–H and O–H groups in total. The van der Waals surface area contributed by atoms with Gasteiger partial charge < -0.3 is 14.5 Å². The molecule has 0 radical (unpaired) electrons. The third kappa shape index (κ3) is 4.42. The highest BCUT2D eigenvalue weighted by atomic mass is 19.1. The van der Waals surface area contributed by atoms with Gasteiger partial charge in [-0.3, -0.25) is 4.79 Å². The van der Waals surface area contributed by atoms with Crippen LogP contribution in [0.3, 0.4) is 0 Å². The van der Waals surface area contributed by atoms with E-state index < -0.39 is 0 Å². The van der Waals surface area contributed by atoms with Crippen LogP contribution in [0.5, 0.6) is 11.6 Å². The van der Waals surface area contributed by atoms with Crippen molar-refractivity contribution in [1.82, 2.24) is 14.9 Å². The summed E-state index contributed by atoms with van der Waals surface area (Å²) in [5.74, 6) is 1.45. The molecule has 2 aliphatic heterocycles. The molecule has 1 saturated heterocycles. The molecule has 0 spiro atoms. The van der Waals surface area contributed by atoms with Crippen LogP contribution < -0.4 is 9.64 Å². The van der Waals surface area contributed by atoms with Crippen LogP contribution >= 0.6 is 0 Å². The van der Waals surface area contributed by atoms with E-state index >= 15 is 0 Å². The maximum absolute atomic E-state index is 13.4. The van der Waals surface area contributed by atoms with Crippen LogP contribution in [0.4, 0.5) is 10.2 Å².